The van der Waals surface area contributed by atoms with Crippen LogP contribution in [0, 0.1) is 6.92 Å². The molecular weight excluding hydrogens is 506 g/mol. The topological polar surface area (TPSA) is 123 Å². The van der Waals surface area contributed by atoms with Crippen LogP contribution in [0.3, 0.4) is 0 Å². The SMILES string of the molecule is COc1ccc(CO[C@H]2[C@H](O)[C@@H](COC(=O)c3ccccc3)OC(Sc3ccc(C)cc3)[C@@H]2N=[N+]=[N-])cc1. The van der Waals surface area contributed by atoms with Crippen LogP contribution < -0.4 is 4.74 Å². The van der Waals surface area contributed by atoms with Gasteiger partial charge in [-0.1, -0.05) is 64.9 Å². The smallest absolute Gasteiger partial charge is 0.338 e. The van der Waals surface area contributed by atoms with Gasteiger partial charge in [-0.25, -0.2) is 4.79 Å². The quantitative estimate of drug-likeness (QED) is 0.162. The summed E-state index contributed by atoms with van der Waals surface area (Å²) in [5, 5.41) is 15.2. The average molecular weight is 536 g/mol. The molecule has 0 radical (unpaired) electrons. The van der Waals surface area contributed by atoms with Crippen molar-refractivity contribution >= 4 is 17.7 Å². The molecule has 4 rings (SSSR count). The number of thioether (sulfide) groups is 1. The van der Waals surface area contributed by atoms with Crippen molar-refractivity contribution in [2.75, 3.05) is 13.7 Å². The summed E-state index contributed by atoms with van der Waals surface area (Å²) in [4.78, 5) is 16.4. The van der Waals surface area contributed by atoms with Gasteiger partial charge in [0.1, 0.15) is 36.0 Å². The summed E-state index contributed by atoms with van der Waals surface area (Å²) in [6, 6.07) is 22.9. The Kier molecular flexibility index (Phi) is 9.64. The first-order valence-electron chi connectivity index (χ1n) is 12.1. The Labute approximate surface area is 225 Å². The highest BCUT2D eigenvalue weighted by Crippen LogP contribution is 2.37. The van der Waals surface area contributed by atoms with E-state index in [0.717, 1.165) is 16.0 Å². The molecular formula is C28H29N3O6S. The van der Waals surface area contributed by atoms with Gasteiger partial charge >= 0.3 is 5.97 Å². The van der Waals surface area contributed by atoms with Crippen LogP contribution in [0.2, 0.25) is 0 Å². The summed E-state index contributed by atoms with van der Waals surface area (Å²) in [7, 11) is 1.59. The zero-order chi connectivity index (χ0) is 26.9. The van der Waals surface area contributed by atoms with Gasteiger partial charge in [-0.15, -0.1) is 0 Å². The summed E-state index contributed by atoms with van der Waals surface area (Å²) in [6.45, 7) is 1.94. The summed E-state index contributed by atoms with van der Waals surface area (Å²) < 4.78 is 23.0. The number of hydrogen-bond acceptors (Lipinski definition) is 8. The number of methoxy groups -OCH3 is 1. The molecule has 1 aliphatic rings. The van der Waals surface area contributed by atoms with Crippen molar-refractivity contribution in [1.82, 2.24) is 0 Å². The molecule has 10 heteroatoms. The van der Waals surface area contributed by atoms with Gasteiger partial charge in [0, 0.05) is 9.81 Å². The molecule has 1 N–H and O–H groups in total. The molecule has 3 aromatic carbocycles. The van der Waals surface area contributed by atoms with Crippen LogP contribution >= 0.6 is 11.8 Å². The fraction of sp³-hybridized carbons (Fsp3) is 0.321. The van der Waals surface area contributed by atoms with Crippen LogP contribution in [0.1, 0.15) is 21.5 Å². The maximum atomic E-state index is 12.5. The first-order valence-corrected chi connectivity index (χ1v) is 12.9. The molecule has 1 aliphatic heterocycles. The summed E-state index contributed by atoms with van der Waals surface area (Å²) in [6.07, 6.45) is -3.04. The largest absolute Gasteiger partial charge is 0.497 e. The fourth-order valence-electron chi connectivity index (χ4n) is 3.99. The van der Waals surface area contributed by atoms with E-state index in [2.05, 4.69) is 10.0 Å². The highest BCUT2D eigenvalue weighted by Gasteiger charge is 2.46. The number of aryl methyl sites for hydroxylation is 1. The number of ether oxygens (including phenoxy) is 4. The number of nitrogens with zero attached hydrogens (tertiary/aromatic N) is 3. The first-order chi connectivity index (χ1) is 18.5. The zero-order valence-electron chi connectivity index (χ0n) is 21.0. The first kappa shape index (κ1) is 27.5. The predicted molar refractivity (Wildman–Crippen MR) is 143 cm³/mol. The molecule has 0 spiro atoms. The molecule has 1 heterocycles. The number of rotatable bonds is 10. The zero-order valence-corrected chi connectivity index (χ0v) is 21.9. The summed E-state index contributed by atoms with van der Waals surface area (Å²) in [5.41, 5.74) is 11.0. The summed E-state index contributed by atoms with van der Waals surface area (Å²) >= 11 is 1.35. The summed E-state index contributed by atoms with van der Waals surface area (Å²) in [5.74, 6) is 0.179. The van der Waals surface area contributed by atoms with Gasteiger partial charge in [-0.05, 0) is 54.4 Å². The van der Waals surface area contributed by atoms with Gasteiger partial charge in [0.2, 0.25) is 0 Å². The van der Waals surface area contributed by atoms with Crippen LogP contribution in [-0.2, 0) is 20.8 Å². The minimum atomic E-state index is -1.22. The lowest BCUT2D eigenvalue weighted by Gasteiger charge is -2.42. The van der Waals surface area contributed by atoms with Crippen LogP contribution in [0.5, 0.6) is 5.75 Å². The molecule has 0 amide bonds. The highest BCUT2D eigenvalue weighted by molar-refractivity contribution is 7.99. The second-order valence-corrected chi connectivity index (χ2v) is 9.92. The molecule has 5 atom stereocenters. The number of carbonyl (C=O) groups excluding carboxylic acids is 1. The molecule has 1 fully saturated rings. The van der Waals surface area contributed by atoms with Gasteiger partial charge in [-0.3, -0.25) is 0 Å². The van der Waals surface area contributed by atoms with Crippen LogP contribution in [0.4, 0.5) is 0 Å². The van der Waals surface area contributed by atoms with Crippen molar-refractivity contribution in [3.05, 3.63) is 106 Å². The van der Waals surface area contributed by atoms with Gasteiger partial charge in [0.15, 0.2) is 0 Å². The molecule has 38 heavy (non-hydrogen) atoms. The van der Waals surface area contributed by atoms with E-state index in [9.17, 15) is 15.4 Å². The van der Waals surface area contributed by atoms with Crippen molar-refractivity contribution in [2.24, 2.45) is 5.11 Å². The van der Waals surface area contributed by atoms with Gasteiger partial charge < -0.3 is 24.1 Å². The van der Waals surface area contributed by atoms with Gasteiger partial charge in [-0.2, -0.15) is 0 Å². The Morgan fingerprint density at radius 3 is 2.45 bits per heavy atom. The van der Waals surface area contributed by atoms with Gasteiger partial charge in [0.25, 0.3) is 0 Å². The van der Waals surface area contributed by atoms with E-state index in [1.54, 1.807) is 37.4 Å². The molecule has 198 valence electrons. The van der Waals surface area contributed by atoms with E-state index in [1.807, 2.05) is 55.5 Å². The number of hydrogen-bond donors (Lipinski definition) is 1. The Balaban J connectivity index is 1.55. The Bertz CT molecular complexity index is 1240. The third kappa shape index (κ3) is 7.06. The van der Waals surface area contributed by atoms with Gasteiger partial charge in [0.05, 0.1) is 25.4 Å². The Morgan fingerprint density at radius 2 is 1.79 bits per heavy atom. The van der Waals surface area contributed by atoms with Crippen molar-refractivity contribution < 1.29 is 28.8 Å². The maximum Gasteiger partial charge on any atom is 0.338 e. The van der Waals surface area contributed by atoms with E-state index < -0.39 is 35.8 Å². The lowest BCUT2D eigenvalue weighted by atomic mass is 9.98. The molecule has 1 saturated heterocycles. The monoisotopic (exact) mass is 535 g/mol. The molecule has 0 bridgehead atoms. The van der Waals surface area contributed by atoms with E-state index in [0.29, 0.717) is 11.3 Å². The third-order valence-corrected chi connectivity index (χ3v) is 7.26. The Morgan fingerprint density at radius 1 is 1.08 bits per heavy atom. The van der Waals surface area contributed by atoms with Crippen molar-refractivity contribution in [2.45, 2.75) is 48.2 Å². The minimum Gasteiger partial charge on any atom is -0.497 e. The number of azide groups is 1. The maximum absolute atomic E-state index is 12.5. The van der Waals surface area contributed by atoms with E-state index in [4.69, 9.17) is 18.9 Å². The second-order valence-electron chi connectivity index (χ2n) is 8.75. The van der Waals surface area contributed by atoms with Crippen LogP contribution in [-0.4, -0.2) is 54.6 Å². The molecule has 0 aromatic heterocycles. The molecule has 0 saturated carbocycles. The Hall–Kier alpha value is -3.53. The third-order valence-electron chi connectivity index (χ3n) is 6.09. The number of esters is 1. The molecule has 9 nitrogen and oxygen atoms in total. The molecule has 3 aromatic rings. The minimum absolute atomic E-state index is 0.154. The van der Waals surface area contributed by atoms with Crippen molar-refractivity contribution in [3.63, 3.8) is 0 Å². The van der Waals surface area contributed by atoms with E-state index >= 15 is 0 Å². The van der Waals surface area contributed by atoms with E-state index in [-0.39, 0.29) is 13.2 Å². The van der Waals surface area contributed by atoms with Crippen LogP contribution in [0.25, 0.3) is 10.4 Å². The fourth-order valence-corrected chi connectivity index (χ4v) is 5.10. The van der Waals surface area contributed by atoms with Crippen molar-refractivity contribution in [3.8, 4) is 5.75 Å². The van der Waals surface area contributed by atoms with Crippen molar-refractivity contribution in [1.29, 1.82) is 0 Å². The average Bonchev–Trinajstić information content (AvgIpc) is 2.95. The lowest BCUT2D eigenvalue weighted by Crippen LogP contribution is -2.58. The second kappa shape index (κ2) is 13.3. The van der Waals surface area contributed by atoms with Crippen LogP contribution in [0.15, 0.2) is 88.9 Å². The number of aliphatic hydroxyl groups is 1. The molecule has 0 aliphatic carbocycles. The lowest BCUT2D eigenvalue weighted by molar-refractivity contribution is -0.185. The normalized spacial score (nSPS) is 22.8. The highest BCUT2D eigenvalue weighted by atomic mass is 32.2. The molecule has 1 unspecified atom stereocenters. The predicted octanol–water partition coefficient (Wildman–Crippen LogP) is 5.30. The number of benzene rings is 3. The standard InChI is InChI=1S/C28H29N3O6S/c1-18-8-14-22(15-9-18)38-28-24(30-31-29)26(35-16-19-10-12-21(34-2)13-11-19)25(32)23(37-28)17-36-27(33)20-6-4-3-5-7-20/h3-15,23-26,28,32H,16-17H2,1-2H3/t23-,24-,25-,26-,28?/m1/s1. The number of carbonyl (C=O) groups is 1. The number of aliphatic hydroxyl groups excluding tert-OH is 1. The van der Waals surface area contributed by atoms with E-state index in [1.165, 1.54) is 11.8 Å².